The van der Waals surface area contributed by atoms with Crippen LogP contribution in [0.5, 0.6) is 0 Å². The number of aromatic nitrogens is 1. The van der Waals surface area contributed by atoms with E-state index in [1.807, 2.05) is 36.4 Å². The van der Waals surface area contributed by atoms with Gasteiger partial charge < -0.3 is 10.3 Å². The van der Waals surface area contributed by atoms with Crippen molar-refractivity contribution in [1.82, 2.24) is 10.3 Å². The van der Waals surface area contributed by atoms with Crippen molar-refractivity contribution in [3.8, 4) is 11.3 Å². The van der Waals surface area contributed by atoms with Crippen LogP contribution in [-0.4, -0.2) is 23.7 Å². The van der Waals surface area contributed by atoms with Gasteiger partial charge in [-0.05, 0) is 35.7 Å². The van der Waals surface area contributed by atoms with E-state index < -0.39 is 0 Å². The highest BCUT2D eigenvalue weighted by Gasteiger charge is 2.21. The van der Waals surface area contributed by atoms with Crippen molar-refractivity contribution in [3.05, 3.63) is 59.2 Å². The fraction of sp³-hybridized carbons (Fsp3) is 0.111. The van der Waals surface area contributed by atoms with Gasteiger partial charge in [-0.3, -0.25) is 9.59 Å². The predicted molar refractivity (Wildman–Crippen MR) is 85.2 cm³/mol. The smallest absolute Gasteiger partial charge is 0.251 e. The average molecular weight is 290 g/mol. The number of carbonyl (C=O) groups is 2. The largest absolute Gasteiger partial charge is 0.354 e. The van der Waals surface area contributed by atoms with Crippen LogP contribution in [0.25, 0.3) is 22.2 Å². The Morgan fingerprint density at radius 3 is 2.82 bits per heavy atom. The van der Waals surface area contributed by atoms with Crippen LogP contribution in [0.15, 0.2) is 42.5 Å². The highest BCUT2D eigenvalue weighted by molar-refractivity contribution is 6.10. The maximum Gasteiger partial charge on any atom is 0.251 e. The van der Waals surface area contributed by atoms with E-state index in [-0.39, 0.29) is 5.91 Å². The van der Waals surface area contributed by atoms with Crippen molar-refractivity contribution in [1.29, 1.82) is 0 Å². The highest BCUT2D eigenvalue weighted by atomic mass is 16.1. The van der Waals surface area contributed by atoms with Gasteiger partial charge in [-0.1, -0.05) is 24.3 Å². The topological polar surface area (TPSA) is 62.0 Å². The Bertz CT molecular complexity index is 909. The van der Waals surface area contributed by atoms with Crippen LogP contribution in [0.4, 0.5) is 0 Å². The molecule has 4 rings (SSSR count). The minimum atomic E-state index is -0.0310. The number of rotatable bonds is 2. The third-order valence-electron chi connectivity index (χ3n) is 4.14. The number of aldehydes is 1. The molecule has 0 saturated carbocycles. The summed E-state index contributed by atoms with van der Waals surface area (Å²) in [6.45, 7) is 0.612. The Kier molecular flexibility index (Phi) is 2.82. The molecule has 1 aliphatic heterocycles. The van der Waals surface area contributed by atoms with Crippen molar-refractivity contribution < 1.29 is 9.59 Å². The molecule has 0 bridgehead atoms. The maximum absolute atomic E-state index is 12.2. The zero-order chi connectivity index (χ0) is 15.1. The van der Waals surface area contributed by atoms with Gasteiger partial charge in [-0.15, -0.1) is 0 Å². The van der Waals surface area contributed by atoms with E-state index in [1.54, 1.807) is 6.07 Å². The molecule has 2 aromatic carbocycles. The minimum absolute atomic E-state index is 0.0310. The predicted octanol–water partition coefficient (Wildman–Crippen LogP) is 2.93. The Morgan fingerprint density at radius 1 is 1.09 bits per heavy atom. The third kappa shape index (κ3) is 1.84. The van der Waals surface area contributed by atoms with E-state index in [9.17, 15) is 9.59 Å². The molecule has 0 saturated heterocycles. The van der Waals surface area contributed by atoms with Gasteiger partial charge in [0.25, 0.3) is 5.91 Å². The van der Waals surface area contributed by atoms with Crippen LogP contribution in [0.2, 0.25) is 0 Å². The normalized spacial score (nSPS) is 13.7. The number of hydrogen-bond acceptors (Lipinski definition) is 2. The quantitative estimate of drug-likeness (QED) is 0.713. The number of H-pyrrole nitrogens is 1. The standard InChI is InChI=1S/C18H14N2O2/c21-10-11-3-1-4-12(9-11)17-13-7-8-19-18(22)14-5-2-6-15(20-17)16(13)14/h1-6,9-10,20H,7-8H2,(H,19,22). The summed E-state index contributed by atoms with van der Waals surface area (Å²) in [6.07, 6.45) is 1.61. The zero-order valence-electron chi connectivity index (χ0n) is 11.8. The molecule has 4 heteroatoms. The van der Waals surface area contributed by atoms with Crippen molar-refractivity contribution in [2.75, 3.05) is 6.54 Å². The Labute approximate surface area is 127 Å². The van der Waals surface area contributed by atoms with Gasteiger partial charge in [0.2, 0.25) is 0 Å². The van der Waals surface area contributed by atoms with Gasteiger partial charge in [0.05, 0.1) is 0 Å². The summed E-state index contributed by atoms with van der Waals surface area (Å²) in [5.41, 5.74) is 5.40. The zero-order valence-corrected chi connectivity index (χ0v) is 11.8. The molecule has 0 fully saturated rings. The summed E-state index contributed by atoms with van der Waals surface area (Å²) in [5.74, 6) is -0.0310. The maximum atomic E-state index is 12.2. The Balaban J connectivity index is 2.02. The number of benzene rings is 2. The Hall–Kier alpha value is -2.88. The summed E-state index contributed by atoms with van der Waals surface area (Å²) < 4.78 is 0. The van der Waals surface area contributed by atoms with Crippen LogP contribution in [0.1, 0.15) is 26.3 Å². The van der Waals surface area contributed by atoms with Crippen LogP contribution in [0, 0.1) is 0 Å². The number of amides is 1. The van der Waals surface area contributed by atoms with E-state index in [0.717, 1.165) is 40.4 Å². The summed E-state index contributed by atoms with van der Waals surface area (Å²) in [6, 6.07) is 13.2. The van der Waals surface area contributed by atoms with Gasteiger partial charge in [0.15, 0.2) is 0 Å². The van der Waals surface area contributed by atoms with Gasteiger partial charge >= 0.3 is 0 Å². The molecular formula is C18H14N2O2. The summed E-state index contributed by atoms with van der Waals surface area (Å²) in [4.78, 5) is 26.6. The first-order chi connectivity index (χ1) is 10.8. The van der Waals surface area contributed by atoms with Crippen molar-refractivity contribution in [2.24, 2.45) is 0 Å². The third-order valence-corrected chi connectivity index (χ3v) is 4.14. The molecule has 108 valence electrons. The molecule has 4 nitrogen and oxygen atoms in total. The molecule has 3 aromatic rings. The second-order valence-electron chi connectivity index (χ2n) is 5.46. The summed E-state index contributed by atoms with van der Waals surface area (Å²) >= 11 is 0. The number of carbonyl (C=O) groups excluding carboxylic acids is 2. The summed E-state index contributed by atoms with van der Waals surface area (Å²) in [5, 5.41) is 3.92. The number of aromatic amines is 1. The lowest BCUT2D eigenvalue weighted by molar-refractivity contribution is 0.0957. The second-order valence-corrected chi connectivity index (χ2v) is 5.46. The van der Waals surface area contributed by atoms with Crippen molar-refractivity contribution in [3.63, 3.8) is 0 Å². The highest BCUT2D eigenvalue weighted by Crippen LogP contribution is 2.34. The lowest BCUT2D eigenvalue weighted by Gasteiger charge is -2.04. The monoisotopic (exact) mass is 290 g/mol. The molecular weight excluding hydrogens is 276 g/mol. The molecule has 2 N–H and O–H groups in total. The molecule has 0 aliphatic carbocycles. The fourth-order valence-corrected chi connectivity index (χ4v) is 3.17. The summed E-state index contributed by atoms with van der Waals surface area (Å²) in [7, 11) is 0. The first-order valence-corrected chi connectivity index (χ1v) is 7.25. The van der Waals surface area contributed by atoms with Crippen LogP contribution >= 0.6 is 0 Å². The van der Waals surface area contributed by atoms with Gasteiger partial charge in [-0.25, -0.2) is 0 Å². The SMILES string of the molecule is O=Cc1cccc(-c2[nH]c3cccc4c3c2CCNC4=O)c1. The fourth-order valence-electron chi connectivity index (χ4n) is 3.17. The van der Waals surface area contributed by atoms with Gasteiger partial charge in [0, 0.05) is 34.3 Å². The van der Waals surface area contributed by atoms with E-state index in [0.29, 0.717) is 17.7 Å². The molecule has 2 heterocycles. The van der Waals surface area contributed by atoms with Crippen LogP contribution < -0.4 is 5.32 Å². The first kappa shape index (κ1) is 12.8. The molecule has 1 aliphatic rings. The van der Waals surface area contributed by atoms with Crippen LogP contribution in [-0.2, 0) is 6.42 Å². The lowest BCUT2D eigenvalue weighted by Crippen LogP contribution is -2.23. The van der Waals surface area contributed by atoms with E-state index in [2.05, 4.69) is 10.3 Å². The molecule has 22 heavy (non-hydrogen) atoms. The minimum Gasteiger partial charge on any atom is -0.354 e. The molecule has 0 unspecified atom stereocenters. The van der Waals surface area contributed by atoms with E-state index >= 15 is 0 Å². The van der Waals surface area contributed by atoms with Crippen molar-refractivity contribution in [2.45, 2.75) is 6.42 Å². The molecule has 1 aromatic heterocycles. The van der Waals surface area contributed by atoms with Crippen LogP contribution in [0.3, 0.4) is 0 Å². The average Bonchev–Trinajstić information content (AvgIpc) is 2.84. The molecule has 1 amide bonds. The van der Waals surface area contributed by atoms with Crippen molar-refractivity contribution >= 4 is 23.1 Å². The number of hydrogen-bond donors (Lipinski definition) is 2. The van der Waals surface area contributed by atoms with E-state index in [1.165, 1.54) is 0 Å². The van der Waals surface area contributed by atoms with Gasteiger partial charge in [0.1, 0.15) is 6.29 Å². The lowest BCUT2D eigenvalue weighted by atomic mass is 9.99. The Morgan fingerprint density at radius 2 is 1.95 bits per heavy atom. The molecule has 0 radical (unpaired) electrons. The van der Waals surface area contributed by atoms with E-state index in [4.69, 9.17) is 0 Å². The molecule has 0 spiro atoms. The molecule has 0 atom stereocenters. The van der Waals surface area contributed by atoms with Gasteiger partial charge in [-0.2, -0.15) is 0 Å². The number of nitrogens with one attached hydrogen (secondary N) is 2. The first-order valence-electron chi connectivity index (χ1n) is 7.25. The second kappa shape index (κ2) is 4.84.